The van der Waals surface area contributed by atoms with Crippen LogP contribution in [0.5, 0.6) is 0 Å². The summed E-state index contributed by atoms with van der Waals surface area (Å²) < 4.78 is 28.7. The molecule has 0 heterocycles. The van der Waals surface area contributed by atoms with E-state index in [-0.39, 0.29) is 22.6 Å². The Hall–Kier alpha value is -3.50. The Morgan fingerprint density at radius 2 is 1.37 bits per heavy atom. The predicted octanol–water partition coefficient (Wildman–Crippen LogP) is 5.15. The monoisotopic (exact) mass is 654 g/mol. The molecule has 0 radical (unpaired) electrons. The van der Waals surface area contributed by atoms with Crippen molar-refractivity contribution in [3.05, 3.63) is 76.5 Å². The number of nitrogens with zero attached hydrogens (tertiary/aromatic N) is 1. The summed E-state index contributed by atoms with van der Waals surface area (Å²) in [5.74, 6) is -2.44. The summed E-state index contributed by atoms with van der Waals surface area (Å²) in [6.07, 6.45) is 1.61. The SMILES string of the molecule is CN[C@H](C(=O)N[C@H](C(=O)N(C)/C(=C/C(C)C(=O)NS(=O)(=O)c1c(C)cc(C)cc1C)C(C)C)C(C)(C)C)C(C)(C)c1ccccc1. The minimum absolute atomic E-state index is 0.0816. The van der Waals surface area contributed by atoms with Crippen LogP contribution in [0.2, 0.25) is 0 Å². The maximum atomic E-state index is 14.1. The van der Waals surface area contributed by atoms with Gasteiger partial charge in [0, 0.05) is 18.2 Å². The molecule has 10 heteroatoms. The van der Waals surface area contributed by atoms with E-state index in [9.17, 15) is 22.8 Å². The second-order valence-corrected chi connectivity index (χ2v) is 15.9. The third-order valence-corrected chi connectivity index (χ3v) is 10.1. The van der Waals surface area contributed by atoms with Gasteiger partial charge in [0.15, 0.2) is 0 Å². The molecule has 3 atom stereocenters. The predicted molar refractivity (Wildman–Crippen MR) is 185 cm³/mol. The highest BCUT2D eigenvalue weighted by molar-refractivity contribution is 7.90. The Kier molecular flexibility index (Phi) is 12.6. The number of hydrogen-bond donors (Lipinski definition) is 3. The first-order valence-electron chi connectivity index (χ1n) is 15.7. The van der Waals surface area contributed by atoms with Crippen LogP contribution < -0.4 is 15.4 Å². The van der Waals surface area contributed by atoms with E-state index in [1.54, 1.807) is 53.1 Å². The van der Waals surface area contributed by atoms with Crippen LogP contribution in [0.4, 0.5) is 0 Å². The molecule has 0 aromatic heterocycles. The zero-order valence-corrected chi connectivity index (χ0v) is 30.6. The maximum Gasteiger partial charge on any atom is 0.264 e. The molecule has 46 heavy (non-hydrogen) atoms. The van der Waals surface area contributed by atoms with E-state index >= 15 is 0 Å². The Balaban J connectivity index is 2.37. The van der Waals surface area contributed by atoms with Crippen molar-refractivity contribution < 1.29 is 22.8 Å². The normalized spacial score (nSPS) is 14.8. The van der Waals surface area contributed by atoms with Crippen LogP contribution in [-0.4, -0.2) is 57.2 Å². The Bertz CT molecular complexity index is 1530. The highest BCUT2D eigenvalue weighted by atomic mass is 32.2. The lowest BCUT2D eigenvalue weighted by atomic mass is 9.76. The van der Waals surface area contributed by atoms with E-state index in [4.69, 9.17) is 0 Å². The summed E-state index contributed by atoms with van der Waals surface area (Å²) in [6.45, 7) is 20.3. The van der Waals surface area contributed by atoms with Gasteiger partial charge in [0.1, 0.15) is 6.04 Å². The molecule has 9 nitrogen and oxygen atoms in total. The van der Waals surface area contributed by atoms with Gasteiger partial charge in [0.2, 0.25) is 17.7 Å². The average molecular weight is 655 g/mol. The molecule has 0 aliphatic heterocycles. The topological polar surface area (TPSA) is 125 Å². The van der Waals surface area contributed by atoms with E-state index in [0.29, 0.717) is 16.8 Å². The summed E-state index contributed by atoms with van der Waals surface area (Å²) in [5.41, 5.74) is 2.31. The zero-order valence-electron chi connectivity index (χ0n) is 29.8. The largest absolute Gasteiger partial charge is 0.342 e. The number of sulfonamides is 1. The molecule has 3 N–H and O–H groups in total. The lowest BCUT2D eigenvalue weighted by Crippen LogP contribution is -2.60. The van der Waals surface area contributed by atoms with Gasteiger partial charge in [-0.3, -0.25) is 14.4 Å². The number of amides is 3. The summed E-state index contributed by atoms with van der Waals surface area (Å²) in [5, 5.41) is 6.16. The van der Waals surface area contributed by atoms with Crippen molar-refractivity contribution in [2.75, 3.05) is 14.1 Å². The van der Waals surface area contributed by atoms with Crippen molar-refractivity contribution in [2.45, 2.75) is 98.6 Å². The Morgan fingerprint density at radius 1 is 0.848 bits per heavy atom. The van der Waals surface area contributed by atoms with Crippen LogP contribution in [0.3, 0.4) is 0 Å². The Morgan fingerprint density at radius 3 is 1.83 bits per heavy atom. The van der Waals surface area contributed by atoms with Gasteiger partial charge in [0.05, 0.1) is 16.9 Å². The fraction of sp³-hybridized carbons (Fsp3) is 0.528. The van der Waals surface area contributed by atoms with Gasteiger partial charge in [0.25, 0.3) is 10.0 Å². The van der Waals surface area contributed by atoms with Crippen molar-refractivity contribution in [1.29, 1.82) is 0 Å². The van der Waals surface area contributed by atoms with Gasteiger partial charge < -0.3 is 15.5 Å². The molecule has 254 valence electrons. The molecule has 0 aliphatic carbocycles. The van der Waals surface area contributed by atoms with Crippen LogP contribution in [0.25, 0.3) is 0 Å². The van der Waals surface area contributed by atoms with Crippen molar-refractivity contribution >= 4 is 27.7 Å². The number of benzene rings is 2. The van der Waals surface area contributed by atoms with Crippen LogP contribution in [0, 0.1) is 38.0 Å². The number of allylic oxidation sites excluding steroid dienone is 1. The molecule has 0 aliphatic rings. The summed E-state index contributed by atoms with van der Waals surface area (Å²) in [7, 11) is -0.788. The molecule has 0 saturated carbocycles. The fourth-order valence-corrected chi connectivity index (χ4v) is 7.46. The van der Waals surface area contributed by atoms with Crippen molar-refractivity contribution in [3.8, 4) is 0 Å². The van der Waals surface area contributed by atoms with Gasteiger partial charge in [-0.1, -0.05) is 103 Å². The summed E-state index contributed by atoms with van der Waals surface area (Å²) in [4.78, 5) is 42.7. The van der Waals surface area contributed by atoms with Crippen LogP contribution in [-0.2, 0) is 29.8 Å². The van der Waals surface area contributed by atoms with E-state index in [2.05, 4.69) is 15.4 Å². The number of rotatable bonds is 12. The minimum atomic E-state index is -4.13. The van der Waals surface area contributed by atoms with E-state index in [0.717, 1.165) is 11.1 Å². The zero-order chi connectivity index (χ0) is 35.4. The second-order valence-electron chi connectivity index (χ2n) is 14.2. The third kappa shape index (κ3) is 9.06. The molecule has 0 fully saturated rings. The molecule has 2 aromatic rings. The van der Waals surface area contributed by atoms with Crippen molar-refractivity contribution in [1.82, 2.24) is 20.3 Å². The quantitative estimate of drug-likeness (QED) is 0.291. The first-order valence-corrected chi connectivity index (χ1v) is 17.2. The van der Waals surface area contributed by atoms with E-state index in [1.807, 2.05) is 85.7 Å². The van der Waals surface area contributed by atoms with Crippen molar-refractivity contribution in [3.63, 3.8) is 0 Å². The molecule has 2 aromatic carbocycles. The molecular formula is C36H54N4O5S. The van der Waals surface area contributed by atoms with Crippen LogP contribution in [0.15, 0.2) is 59.1 Å². The van der Waals surface area contributed by atoms with E-state index < -0.39 is 44.8 Å². The number of carbonyl (C=O) groups excluding carboxylic acids is 3. The average Bonchev–Trinajstić information content (AvgIpc) is 2.92. The smallest absolute Gasteiger partial charge is 0.264 e. The second kappa shape index (κ2) is 14.9. The molecule has 1 unspecified atom stereocenters. The standard InChI is InChI=1S/C36H54N4O5S/c1-22(2)28(21-26(6)32(41)39-46(44,45)29-24(4)19-23(3)20-25(29)5)40(13)34(43)31(35(7,8)9)38-33(42)30(37-12)36(10,11)27-17-15-14-16-18-27/h14-22,26,30-31,37H,1-13H3,(H,38,42)(H,39,41)/b28-21+/t26?,30-,31-/m1/s1. The number of nitrogens with one attached hydrogen (secondary N) is 3. The lowest BCUT2D eigenvalue weighted by molar-refractivity contribution is -0.138. The maximum absolute atomic E-state index is 14.1. The third-order valence-electron chi connectivity index (χ3n) is 8.44. The highest BCUT2D eigenvalue weighted by Gasteiger charge is 2.41. The van der Waals surface area contributed by atoms with Gasteiger partial charge in [-0.15, -0.1) is 0 Å². The molecule has 3 amide bonds. The van der Waals surface area contributed by atoms with E-state index in [1.165, 1.54) is 4.90 Å². The summed E-state index contributed by atoms with van der Waals surface area (Å²) in [6, 6.07) is 11.7. The van der Waals surface area contributed by atoms with Gasteiger partial charge in [-0.25, -0.2) is 13.1 Å². The number of aryl methyl sites for hydroxylation is 3. The summed E-state index contributed by atoms with van der Waals surface area (Å²) >= 11 is 0. The first-order chi connectivity index (χ1) is 21.1. The van der Waals surface area contributed by atoms with Gasteiger partial charge in [-0.05, 0) is 62.8 Å². The number of hydrogen-bond acceptors (Lipinski definition) is 6. The molecular weight excluding hydrogens is 600 g/mol. The van der Waals surface area contributed by atoms with Crippen LogP contribution >= 0.6 is 0 Å². The molecule has 0 bridgehead atoms. The molecule has 0 spiro atoms. The fourth-order valence-electron chi connectivity index (χ4n) is 5.94. The molecule has 0 saturated heterocycles. The first kappa shape index (κ1) is 38.7. The van der Waals surface area contributed by atoms with Crippen LogP contribution in [0.1, 0.15) is 77.6 Å². The van der Waals surface area contributed by atoms with Gasteiger partial charge >= 0.3 is 0 Å². The molecule has 2 rings (SSSR count). The number of likely N-dealkylation sites (N-methyl/N-ethyl adjacent to an activating group) is 2. The Labute approximate surface area is 276 Å². The van der Waals surface area contributed by atoms with Gasteiger partial charge in [-0.2, -0.15) is 0 Å². The number of carbonyl (C=O) groups is 3. The minimum Gasteiger partial charge on any atom is -0.342 e. The van der Waals surface area contributed by atoms with Crippen molar-refractivity contribution in [2.24, 2.45) is 17.3 Å². The lowest BCUT2D eigenvalue weighted by Gasteiger charge is -2.39. The highest BCUT2D eigenvalue weighted by Crippen LogP contribution is 2.29.